The number of rotatable bonds is 10. The zero-order valence-electron chi connectivity index (χ0n) is 9.93. The van der Waals surface area contributed by atoms with E-state index in [1.165, 1.54) is 51.4 Å². The molecule has 0 bridgehead atoms. The van der Waals surface area contributed by atoms with Crippen LogP contribution in [-0.2, 0) is 4.79 Å². The fraction of sp³-hybridized carbons (Fsp3) is 0.917. The Bertz CT molecular complexity index is 151. The van der Waals surface area contributed by atoms with E-state index in [1.54, 1.807) is 0 Å². The van der Waals surface area contributed by atoms with Crippen molar-refractivity contribution >= 4 is 18.7 Å². The molecule has 0 aliphatic heterocycles. The van der Waals surface area contributed by atoms with E-state index >= 15 is 0 Å². The highest BCUT2D eigenvalue weighted by Gasteiger charge is 1.97. The van der Waals surface area contributed by atoms with E-state index in [1.807, 2.05) is 0 Å². The first-order chi connectivity index (χ1) is 7.31. The average Bonchev–Trinajstić information content (AvgIpc) is 2.26. The second kappa shape index (κ2) is 11.9. The van der Waals surface area contributed by atoms with Crippen molar-refractivity contribution < 1.29 is 4.79 Å². The number of hydrogen-bond donors (Lipinski definition) is 2. The summed E-state index contributed by atoms with van der Waals surface area (Å²) in [6, 6.07) is 0. The second-order valence-corrected chi connectivity index (χ2v) is 4.34. The van der Waals surface area contributed by atoms with Crippen molar-refractivity contribution in [1.82, 2.24) is 4.72 Å². The Morgan fingerprint density at radius 3 is 1.87 bits per heavy atom. The number of unbranched alkanes of at least 4 members (excludes halogenated alkanes) is 8. The predicted octanol–water partition coefficient (Wildman–Crippen LogP) is 3.87. The minimum atomic E-state index is 0.0429. The molecule has 0 spiro atoms. The summed E-state index contributed by atoms with van der Waals surface area (Å²) in [5.41, 5.74) is 0. The largest absolute Gasteiger partial charge is 0.303 e. The molecule has 15 heavy (non-hydrogen) atoms. The Morgan fingerprint density at radius 2 is 1.40 bits per heavy atom. The van der Waals surface area contributed by atoms with Gasteiger partial charge in [0.2, 0.25) is 5.91 Å². The number of amides is 1. The van der Waals surface area contributed by atoms with Crippen LogP contribution in [0.4, 0.5) is 0 Å². The maximum Gasteiger partial charge on any atom is 0.229 e. The number of thiol groups is 1. The summed E-state index contributed by atoms with van der Waals surface area (Å²) in [5.74, 6) is 0.0429. The minimum absolute atomic E-state index is 0.0429. The second-order valence-electron chi connectivity index (χ2n) is 4.11. The lowest BCUT2D eigenvalue weighted by Gasteiger charge is -2.01. The molecule has 1 N–H and O–H groups in total. The van der Waals surface area contributed by atoms with E-state index in [2.05, 4.69) is 24.5 Å². The van der Waals surface area contributed by atoms with Gasteiger partial charge < -0.3 is 4.72 Å². The first-order valence-electron chi connectivity index (χ1n) is 6.24. The third-order valence-electron chi connectivity index (χ3n) is 2.63. The summed E-state index contributed by atoms with van der Waals surface area (Å²) in [5, 5.41) is 0. The Hall–Kier alpha value is -0.180. The van der Waals surface area contributed by atoms with Gasteiger partial charge in [0.1, 0.15) is 0 Å². The van der Waals surface area contributed by atoms with Gasteiger partial charge in [0.05, 0.1) is 0 Å². The van der Waals surface area contributed by atoms with Crippen LogP contribution in [0.3, 0.4) is 0 Å². The summed E-state index contributed by atoms with van der Waals surface area (Å²) < 4.78 is 2.35. The molecular formula is C12H25NOS. The standard InChI is InChI=1S/C12H25NOS/c1-2-3-4-5-6-7-8-9-10-11-12(14)13-15/h15H,2-11H2,1H3,(H,13,14). The van der Waals surface area contributed by atoms with Gasteiger partial charge in [0.25, 0.3) is 0 Å². The smallest absolute Gasteiger partial charge is 0.229 e. The van der Waals surface area contributed by atoms with Crippen LogP contribution in [0, 0.1) is 0 Å². The van der Waals surface area contributed by atoms with Crippen molar-refractivity contribution in [3.8, 4) is 0 Å². The predicted molar refractivity (Wildman–Crippen MR) is 69.0 cm³/mol. The first-order valence-corrected chi connectivity index (χ1v) is 6.69. The Labute approximate surface area is 99.8 Å². The maximum atomic E-state index is 10.8. The Morgan fingerprint density at radius 1 is 0.933 bits per heavy atom. The van der Waals surface area contributed by atoms with Crippen molar-refractivity contribution in [3.05, 3.63) is 0 Å². The Balaban J connectivity index is 2.95. The van der Waals surface area contributed by atoms with Crippen LogP contribution in [-0.4, -0.2) is 5.91 Å². The van der Waals surface area contributed by atoms with Crippen LogP contribution in [0.5, 0.6) is 0 Å². The van der Waals surface area contributed by atoms with Gasteiger partial charge in [-0.25, -0.2) is 0 Å². The van der Waals surface area contributed by atoms with Crippen LogP contribution >= 0.6 is 12.8 Å². The molecule has 0 radical (unpaired) electrons. The molecule has 0 aromatic heterocycles. The lowest BCUT2D eigenvalue weighted by Crippen LogP contribution is -2.11. The van der Waals surface area contributed by atoms with E-state index in [4.69, 9.17) is 0 Å². The molecule has 2 nitrogen and oxygen atoms in total. The summed E-state index contributed by atoms with van der Waals surface area (Å²) in [4.78, 5) is 10.8. The third-order valence-corrected chi connectivity index (χ3v) is 2.88. The minimum Gasteiger partial charge on any atom is -0.303 e. The highest BCUT2D eigenvalue weighted by Crippen LogP contribution is 2.10. The normalized spacial score (nSPS) is 10.3. The number of hydrogen-bond acceptors (Lipinski definition) is 2. The van der Waals surface area contributed by atoms with Gasteiger partial charge in [0, 0.05) is 6.42 Å². The molecule has 0 heterocycles. The van der Waals surface area contributed by atoms with Gasteiger partial charge in [-0.2, -0.15) is 0 Å². The van der Waals surface area contributed by atoms with Crippen molar-refractivity contribution in [2.75, 3.05) is 0 Å². The van der Waals surface area contributed by atoms with Crippen LogP contribution in [0.1, 0.15) is 71.1 Å². The zero-order chi connectivity index (χ0) is 11.4. The molecule has 0 rings (SSSR count). The molecule has 0 saturated carbocycles. The van der Waals surface area contributed by atoms with Gasteiger partial charge in [-0.05, 0) is 6.42 Å². The van der Waals surface area contributed by atoms with Gasteiger partial charge in [-0.15, -0.1) is 0 Å². The molecule has 0 aromatic rings. The topological polar surface area (TPSA) is 29.1 Å². The van der Waals surface area contributed by atoms with Crippen molar-refractivity contribution in [1.29, 1.82) is 0 Å². The SMILES string of the molecule is CCCCCCCCCCCC(=O)NS. The molecule has 3 heteroatoms. The van der Waals surface area contributed by atoms with Crippen molar-refractivity contribution in [3.63, 3.8) is 0 Å². The van der Waals surface area contributed by atoms with Gasteiger partial charge in [-0.1, -0.05) is 71.1 Å². The summed E-state index contributed by atoms with van der Waals surface area (Å²) >= 11 is 3.71. The third kappa shape index (κ3) is 11.7. The molecule has 0 aliphatic carbocycles. The van der Waals surface area contributed by atoms with E-state index < -0.39 is 0 Å². The quantitative estimate of drug-likeness (QED) is 0.434. The van der Waals surface area contributed by atoms with Crippen LogP contribution < -0.4 is 4.72 Å². The van der Waals surface area contributed by atoms with Crippen LogP contribution in [0.15, 0.2) is 0 Å². The molecule has 90 valence electrons. The van der Waals surface area contributed by atoms with Gasteiger partial charge in [0.15, 0.2) is 0 Å². The van der Waals surface area contributed by atoms with Gasteiger partial charge in [-0.3, -0.25) is 4.79 Å². The summed E-state index contributed by atoms with van der Waals surface area (Å²) in [7, 11) is 0. The van der Waals surface area contributed by atoms with E-state index in [0.717, 1.165) is 6.42 Å². The lowest BCUT2D eigenvalue weighted by atomic mass is 10.1. The molecule has 0 aromatic carbocycles. The van der Waals surface area contributed by atoms with E-state index in [-0.39, 0.29) is 5.91 Å². The highest BCUT2D eigenvalue weighted by molar-refractivity contribution is 7.78. The molecule has 0 aliphatic rings. The Kier molecular flexibility index (Phi) is 11.7. The molecule has 1 amide bonds. The maximum absolute atomic E-state index is 10.8. The molecule has 0 fully saturated rings. The number of carbonyl (C=O) groups excluding carboxylic acids is 1. The van der Waals surface area contributed by atoms with Crippen molar-refractivity contribution in [2.45, 2.75) is 71.1 Å². The zero-order valence-corrected chi connectivity index (χ0v) is 10.8. The molecule has 0 atom stereocenters. The molecule has 0 unspecified atom stereocenters. The fourth-order valence-electron chi connectivity index (χ4n) is 1.65. The van der Waals surface area contributed by atoms with Crippen LogP contribution in [0.25, 0.3) is 0 Å². The number of nitrogens with one attached hydrogen (secondary N) is 1. The number of carbonyl (C=O) groups is 1. The van der Waals surface area contributed by atoms with Gasteiger partial charge >= 0.3 is 0 Å². The first kappa shape index (κ1) is 14.8. The molecular weight excluding hydrogens is 206 g/mol. The highest BCUT2D eigenvalue weighted by atomic mass is 32.1. The van der Waals surface area contributed by atoms with Crippen molar-refractivity contribution in [2.24, 2.45) is 0 Å². The monoisotopic (exact) mass is 231 g/mol. The fourth-order valence-corrected chi connectivity index (χ4v) is 1.76. The lowest BCUT2D eigenvalue weighted by molar-refractivity contribution is -0.119. The average molecular weight is 231 g/mol. The van der Waals surface area contributed by atoms with E-state index in [0.29, 0.717) is 6.42 Å². The summed E-state index contributed by atoms with van der Waals surface area (Å²) in [6.45, 7) is 2.24. The van der Waals surface area contributed by atoms with Crippen LogP contribution in [0.2, 0.25) is 0 Å². The summed E-state index contributed by atoms with van der Waals surface area (Å²) in [6.07, 6.45) is 12.2. The van der Waals surface area contributed by atoms with E-state index in [9.17, 15) is 4.79 Å². The molecule has 0 saturated heterocycles.